The molecular weight excluding hydrogens is 1780 g/mol. The predicted molar refractivity (Wildman–Crippen MR) is 528 cm³/mol. The van der Waals surface area contributed by atoms with Crippen molar-refractivity contribution >= 4 is 46.6 Å². The first-order valence-corrected chi connectivity index (χ1v) is 52.2. The minimum absolute atomic E-state index is 0.0426. The minimum atomic E-state index is -3.91. The van der Waals surface area contributed by atoms with Crippen molar-refractivity contribution in [3.8, 4) is 74.4 Å². The number of aromatic amines is 3. The van der Waals surface area contributed by atoms with Crippen molar-refractivity contribution in [2.24, 2.45) is 0 Å². The maximum absolute atomic E-state index is 13.8. The van der Waals surface area contributed by atoms with Crippen molar-refractivity contribution in [1.82, 2.24) is 76.6 Å². The number of fused-ring (bicyclic) bond motifs is 3. The van der Waals surface area contributed by atoms with E-state index in [-0.39, 0.29) is 86.3 Å². The standard InChI is InChI=1S/C35H49N5O6S.C34H47N5O6S.C30H46N6O5S/c1-8-11-12-13-14-26(10-3)34-36-24(4)32-35(41)37-33(38-40(32)34)28-23-27(16-18-29(28)46-21-9-2)47(42,43)39(5)20-19-25-15-17-30(44-6)31(22-25)45-7;1-8-11-12-13-14-25(9-2)33-35-23(4)31-34(40)36-32(37-39(31)33)27-22-26(16-18-28(27)45-10-3)46(41,42)38(5)20-19-24-15-17-29(43-6)30(21-24)44-7;1-5-8-9-10-11-23(7-3)29-31-22(4)27-30(38)32-28(33-36(27)29)25-21-24(12-13-26(25)41-20-6-2)42(39,40)35-16-14-34(15-17-35)18-19-37/h15-18,22-23,26H,8-14,19-21H2,1-7H3,(H,37,38,41);15-18,21-22,25H,8-14,19-20H2,1-7H3,(H,36,37,40);12-13,21,23,37H,5-11,14-20H2,1-4H3,(H,32,33,38). The highest BCUT2D eigenvalue weighted by Crippen LogP contribution is 2.39. The van der Waals surface area contributed by atoms with Crippen LogP contribution in [0, 0.1) is 20.8 Å². The van der Waals surface area contributed by atoms with Crippen LogP contribution >= 0.6 is 0 Å². The van der Waals surface area contributed by atoms with Gasteiger partial charge in [-0.25, -0.2) is 62.4 Å². The van der Waals surface area contributed by atoms with Gasteiger partial charge in [-0.05, 0) is 182 Å². The molecule has 1 fully saturated rings. The predicted octanol–water partition coefficient (Wildman–Crippen LogP) is 16.6. The molecule has 0 saturated carbocycles. The average molecular weight is 1920 g/mol. The molecule has 3 unspecified atom stereocenters. The lowest BCUT2D eigenvalue weighted by molar-refractivity contribution is 0.151. The van der Waals surface area contributed by atoms with Crippen molar-refractivity contribution in [1.29, 1.82) is 0 Å². The molecule has 1 aliphatic rings. The molecule has 0 aliphatic carbocycles. The number of imidazole rings is 3. The second-order valence-electron chi connectivity index (χ2n) is 34.3. The monoisotopic (exact) mass is 1920 g/mol. The third-order valence-electron chi connectivity index (χ3n) is 24.9. The van der Waals surface area contributed by atoms with E-state index in [1.54, 1.807) is 98.5 Å². The van der Waals surface area contributed by atoms with E-state index < -0.39 is 30.1 Å². The fraction of sp³-hybridized carbons (Fsp3) is 0.545. The summed E-state index contributed by atoms with van der Waals surface area (Å²) >= 11 is 0. The van der Waals surface area contributed by atoms with E-state index >= 15 is 0 Å². The Hall–Kier alpha value is -10.6. The number of H-pyrrole nitrogens is 3. The van der Waals surface area contributed by atoms with Crippen LogP contribution in [-0.2, 0) is 42.9 Å². The lowest BCUT2D eigenvalue weighted by atomic mass is 9.97. The zero-order valence-electron chi connectivity index (χ0n) is 82.2. The maximum atomic E-state index is 13.8. The molecule has 1 aliphatic heterocycles. The van der Waals surface area contributed by atoms with Gasteiger partial charge in [0.15, 0.2) is 57.0 Å². The van der Waals surface area contributed by atoms with Gasteiger partial charge in [0.2, 0.25) is 30.1 Å². The zero-order chi connectivity index (χ0) is 97.8. The number of hydrogen-bond acceptors (Lipinski definition) is 24. The number of sulfonamides is 3. The number of aliphatic hydroxyl groups is 1. The summed E-state index contributed by atoms with van der Waals surface area (Å²) < 4.78 is 131. The third-order valence-corrected chi connectivity index (χ3v) is 30.5. The highest BCUT2D eigenvalue weighted by atomic mass is 32.2. The number of likely N-dealkylation sites (N-methyl/N-ethyl adjacent to an activating group) is 2. The van der Waals surface area contributed by atoms with Crippen LogP contribution in [0.3, 0.4) is 0 Å². The number of rotatable bonds is 50. The van der Waals surface area contributed by atoms with Crippen LogP contribution in [0.1, 0.15) is 254 Å². The molecule has 33 nitrogen and oxygen atoms in total. The van der Waals surface area contributed by atoms with E-state index in [9.17, 15) is 44.7 Å². The summed E-state index contributed by atoms with van der Waals surface area (Å²) in [6.45, 7) is 28.2. The normalized spacial score (nSPS) is 13.5. The first-order valence-electron chi connectivity index (χ1n) is 47.9. The minimum Gasteiger partial charge on any atom is -0.493 e. The molecule has 4 N–H and O–H groups in total. The fourth-order valence-corrected chi connectivity index (χ4v) is 20.8. The molecule has 0 amide bonds. The van der Waals surface area contributed by atoms with E-state index in [1.165, 1.54) is 62.9 Å². The number of unbranched alkanes of at least 4 members (excludes halogenated alkanes) is 9. The molecule has 5 aromatic carbocycles. The number of ether oxygens (including phenoxy) is 7. The van der Waals surface area contributed by atoms with Crippen molar-refractivity contribution < 1.29 is 63.5 Å². The first-order chi connectivity index (χ1) is 64.9. The number of aliphatic hydroxyl groups excluding tert-OH is 1. The van der Waals surface area contributed by atoms with Gasteiger partial charge < -0.3 is 53.2 Å². The van der Waals surface area contributed by atoms with Crippen molar-refractivity contribution in [3.05, 3.63) is 168 Å². The highest BCUT2D eigenvalue weighted by molar-refractivity contribution is 7.89. The topological polar surface area (TPSA) is 389 Å². The Kier molecular flexibility index (Phi) is 39.8. The Labute approximate surface area is 795 Å². The number of aromatic nitrogens is 12. The summed E-state index contributed by atoms with van der Waals surface area (Å²) in [7, 11) is -2.26. The first kappa shape index (κ1) is 106. The smallest absolute Gasteiger partial charge is 0.277 e. The number of nitrogens with one attached hydrogen (secondary N) is 3. The second kappa shape index (κ2) is 50.5. The lowest BCUT2D eigenvalue weighted by Crippen LogP contribution is -2.49. The summed E-state index contributed by atoms with van der Waals surface area (Å²) in [6, 6.07) is 25.1. The van der Waals surface area contributed by atoms with E-state index in [0.717, 1.165) is 131 Å². The molecule has 11 aromatic rings. The summed E-state index contributed by atoms with van der Waals surface area (Å²) in [6.07, 6.45) is 21.6. The van der Waals surface area contributed by atoms with Crippen molar-refractivity contribution in [2.75, 3.05) is 115 Å². The van der Waals surface area contributed by atoms with E-state index in [0.29, 0.717) is 156 Å². The van der Waals surface area contributed by atoms with Gasteiger partial charge in [-0.15, -0.1) is 15.3 Å². The van der Waals surface area contributed by atoms with E-state index in [1.807, 2.05) is 70.7 Å². The summed E-state index contributed by atoms with van der Waals surface area (Å²) in [5, 5.41) is 23.8. The number of hydrogen-bond donors (Lipinski definition) is 4. The second-order valence-corrected chi connectivity index (χ2v) is 40.4. The molecule has 12 rings (SSSR count). The van der Waals surface area contributed by atoms with Gasteiger partial charge in [-0.1, -0.05) is 145 Å². The van der Waals surface area contributed by atoms with Crippen LogP contribution in [0.4, 0.5) is 0 Å². The van der Waals surface area contributed by atoms with Crippen molar-refractivity contribution in [3.63, 3.8) is 0 Å². The quantitative estimate of drug-likeness (QED) is 0.0257. The number of methoxy groups -OCH3 is 4. The molecule has 0 radical (unpaired) electrons. The fourth-order valence-electron chi connectivity index (χ4n) is 17.0. The van der Waals surface area contributed by atoms with E-state index in [2.05, 4.69) is 56.5 Å². The van der Waals surface area contributed by atoms with Crippen LogP contribution < -0.4 is 49.8 Å². The van der Waals surface area contributed by atoms with Crippen LogP contribution in [0.15, 0.2) is 120 Å². The molecule has 1 saturated heterocycles. The molecule has 0 bridgehead atoms. The molecule has 3 atom stereocenters. The van der Waals surface area contributed by atoms with Gasteiger partial charge in [-0.3, -0.25) is 19.3 Å². The van der Waals surface area contributed by atoms with Crippen LogP contribution in [0.2, 0.25) is 0 Å². The van der Waals surface area contributed by atoms with Gasteiger partial charge in [0.05, 0.1) is 103 Å². The molecule has 135 heavy (non-hydrogen) atoms. The van der Waals surface area contributed by atoms with Gasteiger partial charge >= 0.3 is 0 Å². The SMILES string of the molecule is CCCCCCC(CC)c1nc(C)c2c(=O)[nH]c(-c3cc(S(=O)(=O)N(C)CCc4ccc(OC)c(OC)c4)ccc3OCC)nn12.CCCCCCC(CC)c1nc(C)c2c(=O)[nH]c(-c3cc(S(=O)(=O)N(C)CCc4ccc(OC)c(OC)c4)ccc3OCCC)nn12.CCCCCCC(CC)c1nc(C)c2c(=O)[nH]c(-c3cc(S(=O)(=O)N4CCN(CCO)CC4)ccc3OCCC)nn12. The molecule has 6 aromatic heterocycles. The molecular formula is C99H142N16O17S3. The summed E-state index contributed by atoms with van der Waals surface area (Å²) in [4.78, 5) is 65.7. The number of nitrogens with zero attached hydrogens (tertiary/aromatic N) is 13. The van der Waals surface area contributed by atoms with Crippen LogP contribution in [0.5, 0.6) is 40.2 Å². The van der Waals surface area contributed by atoms with Gasteiger partial charge in [0.1, 0.15) is 34.7 Å². The Bertz CT molecular complexity index is 6300. The number of β-amino-alcohol motifs (C(OH)–C–C–N with tert-alkyl or cyclic N) is 1. The number of benzene rings is 5. The Balaban J connectivity index is 0.000000210. The highest BCUT2D eigenvalue weighted by Gasteiger charge is 2.34. The van der Waals surface area contributed by atoms with Gasteiger partial charge in [0.25, 0.3) is 16.7 Å². The Morgan fingerprint density at radius 3 is 1.06 bits per heavy atom. The third kappa shape index (κ3) is 26.0. The summed E-state index contributed by atoms with van der Waals surface area (Å²) in [5.41, 5.74) is 5.02. The van der Waals surface area contributed by atoms with Crippen LogP contribution in [-0.4, -0.2) is 222 Å². The number of piperazine rings is 1. The molecule has 36 heteroatoms. The zero-order valence-corrected chi connectivity index (χ0v) is 84.7. The average Bonchev–Trinajstić information content (AvgIpc) is 1.74. The Morgan fingerprint density at radius 1 is 0.407 bits per heavy atom. The number of aryl methyl sites for hydroxylation is 3. The molecule has 738 valence electrons. The van der Waals surface area contributed by atoms with Crippen LogP contribution in [0.25, 0.3) is 50.7 Å². The Morgan fingerprint density at radius 2 is 0.741 bits per heavy atom. The lowest BCUT2D eigenvalue weighted by Gasteiger charge is -2.33. The molecule has 0 spiro atoms. The molecule has 7 heterocycles. The maximum Gasteiger partial charge on any atom is 0.277 e. The van der Waals surface area contributed by atoms with Gasteiger partial charge in [0, 0.05) is 77.7 Å². The van der Waals surface area contributed by atoms with E-state index in [4.69, 9.17) is 63.4 Å². The van der Waals surface area contributed by atoms with Crippen molar-refractivity contribution in [2.45, 2.75) is 257 Å². The largest absolute Gasteiger partial charge is 0.493 e. The van der Waals surface area contributed by atoms with Gasteiger partial charge in [-0.2, -0.15) is 4.31 Å². The summed E-state index contributed by atoms with van der Waals surface area (Å²) in [5.74, 6) is 7.03.